The van der Waals surface area contributed by atoms with E-state index in [1.54, 1.807) is 41.2 Å². The minimum Gasteiger partial charge on any atom is -0.444 e. The Labute approximate surface area is 125 Å². The first-order valence-electron chi connectivity index (χ1n) is 6.61. The molecule has 1 aliphatic heterocycles. The molecule has 0 N–H and O–H groups in total. The van der Waals surface area contributed by atoms with E-state index in [4.69, 9.17) is 10.3 Å². The van der Waals surface area contributed by atoms with Crippen molar-refractivity contribution in [2.45, 2.75) is 6.10 Å². The molecule has 0 spiro atoms. The third kappa shape index (κ3) is 2.59. The van der Waals surface area contributed by atoms with Crippen molar-refractivity contribution >= 4 is 11.8 Å². The highest BCUT2D eigenvalue weighted by Crippen LogP contribution is 2.25. The minimum absolute atomic E-state index is 0.0582. The van der Waals surface area contributed by atoms with Crippen molar-refractivity contribution in [3.63, 3.8) is 0 Å². The predicted molar refractivity (Wildman–Crippen MR) is 77.4 cm³/mol. The molecule has 0 saturated carbocycles. The molecule has 0 aliphatic carbocycles. The van der Waals surface area contributed by atoms with Gasteiger partial charge in [0, 0.05) is 17.3 Å². The first-order valence-corrected chi connectivity index (χ1v) is 6.61. The van der Waals surface area contributed by atoms with Crippen LogP contribution in [-0.4, -0.2) is 29.9 Å². The Balaban J connectivity index is 1.82. The van der Waals surface area contributed by atoms with Gasteiger partial charge in [-0.3, -0.25) is 4.90 Å². The molecular formula is C14H12FN5O2. The summed E-state index contributed by atoms with van der Waals surface area (Å²) in [6.07, 6.45) is 2.37. The van der Waals surface area contributed by atoms with Crippen LogP contribution in [0.5, 0.6) is 0 Å². The van der Waals surface area contributed by atoms with Gasteiger partial charge in [-0.05, 0) is 35.9 Å². The monoisotopic (exact) mass is 301 g/mol. The maximum atomic E-state index is 14.2. The van der Waals surface area contributed by atoms with Crippen LogP contribution in [0.2, 0.25) is 0 Å². The zero-order valence-electron chi connectivity index (χ0n) is 11.5. The van der Waals surface area contributed by atoms with Crippen LogP contribution in [0.25, 0.3) is 16.1 Å². The summed E-state index contributed by atoms with van der Waals surface area (Å²) in [7, 11) is 0. The molecule has 0 unspecified atom stereocenters. The number of halogens is 1. The topological polar surface area (TPSA) is 83.2 Å². The molecular weight excluding hydrogens is 289 g/mol. The lowest BCUT2D eigenvalue weighted by Crippen LogP contribution is -2.25. The summed E-state index contributed by atoms with van der Waals surface area (Å²) in [4.78, 5) is 15.8. The summed E-state index contributed by atoms with van der Waals surface area (Å²) in [5.41, 5.74) is 9.08. The van der Waals surface area contributed by atoms with Gasteiger partial charge >= 0.3 is 6.09 Å². The molecule has 8 heteroatoms. The number of cyclic esters (lactones) is 1. The molecule has 3 rings (SSSR count). The fourth-order valence-corrected chi connectivity index (χ4v) is 2.32. The van der Waals surface area contributed by atoms with Crippen LogP contribution in [0.15, 0.2) is 47.8 Å². The molecule has 2 aromatic rings. The number of nitrogens with zero attached hydrogens (tertiary/aromatic N) is 5. The maximum absolute atomic E-state index is 14.2. The Kier molecular flexibility index (Phi) is 3.67. The van der Waals surface area contributed by atoms with E-state index in [1.807, 2.05) is 0 Å². The van der Waals surface area contributed by atoms with Crippen molar-refractivity contribution in [2.75, 3.05) is 18.0 Å². The van der Waals surface area contributed by atoms with E-state index < -0.39 is 18.0 Å². The first kappa shape index (κ1) is 14.0. The number of amides is 1. The zero-order chi connectivity index (χ0) is 15.5. The lowest BCUT2D eigenvalue weighted by molar-refractivity contribution is 0.145. The zero-order valence-corrected chi connectivity index (χ0v) is 11.5. The number of carbonyl (C=O) groups is 1. The summed E-state index contributed by atoms with van der Waals surface area (Å²) in [5.74, 6) is -0.444. The molecule has 1 amide bonds. The Morgan fingerprint density at radius 1 is 1.41 bits per heavy atom. The summed E-state index contributed by atoms with van der Waals surface area (Å²) >= 11 is 0. The van der Waals surface area contributed by atoms with Gasteiger partial charge in [0.2, 0.25) is 0 Å². The van der Waals surface area contributed by atoms with Gasteiger partial charge in [-0.25, -0.2) is 9.18 Å². The molecule has 22 heavy (non-hydrogen) atoms. The van der Waals surface area contributed by atoms with Crippen LogP contribution in [0.3, 0.4) is 0 Å². The van der Waals surface area contributed by atoms with Gasteiger partial charge in [-0.1, -0.05) is 5.11 Å². The molecule has 0 bridgehead atoms. The summed E-state index contributed by atoms with van der Waals surface area (Å²) < 4.78 is 20.9. The Hall–Kier alpha value is -2.99. The van der Waals surface area contributed by atoms with Crippen molar-refractivity contribution in [3.05, 3.63) is 59.0 Å². The van der Waals surface area contributed by atoms with Crippen LogP contribution in [-0.2, 0) is 4.74 Å². The summed E-state index contributed by atoms with van der Waals surface area (Å²) in [6, 6.07) is 8.12. The molecule has 0 radical (unpaired) electrons. The van der Waals surface area contributed by atoms with Crippen molar-refractivity contribution in [1.82, 2.24) is 4.57 Å². The number of aromatic nitrogens is 1. The van der Waals surface area contributed by atoms with Crippen molar-refractivity contribution in [1.29, 1.82) is 0 Å². The highest BCUT2D eigenvalue weighted by Gasteiger charge is 2.32. The third-order valence-electron chi connectivity index (χ3n) is 3.35. The highest BCUT2D eigenvalue weighted by molar-refractivity contribution is 5.89. The molecule has 1 saturated heterocycles. The van der Waals surface area contributed by atoms with Crippen molar-refractivity contribution in [3.8, 4) is 5.69 Å². The lowest BCUT2D eigenvalue weighted by Gasteiger charge is -2.14. The van der Waals surface area contributed by atoms with E-state index in [1.165, 1.54) is 11.0 Å². The lowest BCUT2D eigenvalue weighted by atomic mass is 10.2. The first-order chi connectivity index (χ1) is 10.7. The van der Waals surface area contributed by atoms with E-state index in [9.17, 15) is 9.18 Å². The largest absolute Gasteiger partial charge is 0.444 e. The fourth-order valence-electron chi connectivity index (χ4n) is 2.32. The van der Waals surface area contributed by atoms with Gasteiger partial charge in [0.25, 0.3) is 0 Å². The second kappa shape index (κ2) is 5.79. The molecule has 7 nitrogen and oxygen atoms in total. The molecule has 1 aromatic carbocycles. The number of benzene rings is 1. The average Bonchev–Trinajstić information content (AvgIpc) is 3.14. The van der Waals surface area contributed by atoms with Gasteiger partial charge in [0.1, 0.15) is 11.9 Å². The van der Waals surface area contributed by atoms with Crippen molar-refractivity contribution in [2.24, 2.45) is 5.11 Å². The normalized spacial score (nSPS) is 17.2. The minimum atomic E-state index is -0.578. The number of carbonyl (C=O) groups excluding carboxylic acids is 1. The number of hydrogen-bond acceptors (Lipinski definition) is 3. The Morgan fingerprint density at radius 3 is 2.86 bits per heavy atom. The SMILES string of the molecule is [N-]=[N+]=NC[C@@H]1CN(c2ccc(-n3cccc3)c(F)c2)C(=O)O1. The standard InChI is InChI=1S/C14H12FN5O2/c15-12-7-10(3-4-13(12)19-5-1-2-6-19)20-9-11(8-17-18-16)22-14(20)21/h1-7,11H,8-9H2/t11-/m1/s1. The number of anilines is 1. The molecule has 1 fully saturated rings. The number of hydrogen-bond donors (Lipinski definition) is 0. The van der Waals surface area contributed by atoms with E-state index in [0.29, 0.717) is 11.4 Å². The Bertz CT molecular complexity index is 740. The maximum Gasteiger partial charge on any atom is 0.414 e. The third-order valence-corrected chi connectivity index (χ3v) is 3.35. The smallest absolute Gasteiger partial charge is 0.414 e. The molecule has 1 atom stereocenters. The summed E-state index contributed by atoms with van der Waals surface area (Å²) in [5, 5.41) is 3.38. The van der Waals surface area contributed by atoms with Gasteiger partial charge in [0.05, 0.1) is 24.5 Å². The number of ether oxygens (including phenoxy) is 1. The Morgan fingerprint density at radius 2 is 2.18 bits per heavy atom. The van der Waals surface area contributed by atoms with E-state index in [-0.39, 0.29) is 13.1 Å². The van der Waals surface area contributed by atoms with Gasteiger partial charge in [-0.15, -0.1) is 0 Å². The van der Waals surface area contributed by atoms with Crippen LogP contribution in [0.4, 0.5) is 14.9 Å². The predicted octanol–water partition coefficient (Wildman–Crippen LogP) is 3.25. The van der Waals surface area contributed by atoms with E-state index in [2.05, 4.69) is 10.0 Å². The van der Waals surface area contributed by atoms with Gasteiger partial charge < -0.3 is 9.30 Å². The highest BCUT2D eigenvalue weighted by atomic mass is 19.1. The molecule has 1 aliphatic rings. The van der Waals surface area contributed by atoms with Gasteiger partial charge in [0.15, 0.2) is 0 Å². The van der Waals surface area contributed by atoms with Crippen LogP contribution < -0.4 is 4.90 Å². The fraction of sp³-hybridized carbons (Fsp3) is 0.214. The summed E-state index contributed by atoms with van der Waals surface area (Å²) in [6.45, 7) is 0.281. The van der Waals surface area contributed by atoms with Crippen molar-refractivity contribution < 1.29 is 13.9 Å². The van der Waals surface area contributed by atoms with E-state index in [0.717, 1.165) is 0 Å². The van der Waals surface area contributed by atoms with Crippen LogP contribution in [0, 0.1) is 5.82 Å². The number of azide groups is 1. The van der Waals surface area contributed by atoms with Gasteiger partial charge in [-0.2, -0.15) is 0 Å². The second-order valence-electron chi connectivity index (χ2n) is 4.76. The molecule has 112 valence electrons. The second-order valence-corrected chi connectivity index (χ2v) is 4.76. The van der Waals surface area contributed by atoms with E-state index >= 15 is 0 Å². The molecule has 1 aromatic heterocycles. The molecule has 2 heterocycles. The van der Waals surface area contributed by atoms with Crippen LogP contribution in [0.1, 0.15) is 0 Å². The quantitative estimate of drug-likeness (QED) is 0.493. The van der Waals surface area contributed by atoms with Crippen LogP contribution >= 0.6 is 0 Å². The average molecular weight is 301 g/mol. The number of rotatable bonds is 4.